The van der Waals surface area contributed by atoms with Crippen LogP contribution < -0.4 is 10.6 Å². The number of aromatic nitrogens is 2. The monoisotopic (exact) mass is 518 g/mol. The van der Waals surface area contributed by atoms with E-state index < -0.39 is 17.9 Å². The van der Waals surface area contributed by atoms with Gasteiger partial charge in [0.2, 0.25) is 11.8 Å². The first-order valence-electron chi connectivity index (χ1n) is 13.3. The number of rotatable bonds is 7. The number of hydrogen-bond acceptors (Lipinski definition) is 6. The summed E-state index contributed by atoms with van der Waals surface area (Å²) in [5, 5.41) is 10.5. The highest BCUT2D eigenvalue weighted by atomic mass is 16.2. The van der Waals surface area contributed by atoms with Gasteiger partial charge in [-0.2, -0.15) is 5.10 Å². The zero-order chi connectivity index (χ0) is 27.0. The van der Waals surface area contributed by atoms with E-state index in [-0.39, 0.29) is 23.8 Å². The molecule has 2 saturated heterocycles. The molecule has 10 nitrogen and oxygen atoms in total. The smallest absolute Gasteiger partial charge is 0.264 e. The molecule has 5 rings (SSSR count). The minimum Gasteiger partial charge on any atom is -0.380 e. The first-order valence-corrected chi connectivity index (χ1v) is 13.3. The van der Waals surface area contributed by atoms with Gasteiger partial charge in [-0.1, -0.05) is 26.5 Å². The van der Waals surface area contributed by atoms with E-state index in [1.807, 2.05) is 29.6 Å². The van der Waals surface area contributed by atoms with Crippen molar-refractivity contribution in [2.24, 2.45) is 5.92 Å². The number of piperidine rings is 2. The third-order valence-electron chi connectivity index (χ3n) is 7.90. The Bertz CT molecular complexity index is 1290. The number of nitrogens with zero attached hydrogens (tertiary/aromatic N) is 4. The van der Waals surface area contributed by atoms with Crippen LogP contribution in [0.5, 0.6) is 0 Å². The largest absolute Gasteiger partial charge is 0.380 e. The van der Waals surface area contributed by atoms with Gasteiger partial charge in [0, 0.05) is 48.7 Å². The molecule has 2 unspecified atom stereocenters. The van der Waals surface area contributed by atoms with E-state index in [0.29, 0.717) is 41.9 Å². The molecule has 3 aliphatic heterocycles. The van der Waals surface area contributed by atoms with E-state index in [1.54, 1.807) is 24.4 Å². The molecule has 2 N–H and O–H groups in total. The summed E-state index contributed by atoms with van der Waals surface area (Å²) in [6.45, 7) is 9.68. The number of fused-ring (bicyclic) bond motifs is 1. The van der Waals surface area contributed by atoms with E-state index >= 15 is 0 Å². The van der Waals surface area contributed by atoms with Gasteiger partial charge in [-0.05, 0) is 44.2 Å². The van der Waals surface area contributed by atoms with E-state index in [2.05, 4.69) is 22.3 Å². The number of carbonyl (C=O) groups is 4. The molecule has 0 saturated carbocycles. The molecule has 1 aromatic heterocycles. The van der Waals surface area contributed by atoms with Crippen LogP contribution in [0.3, 0.4) is 0 Å². The Kier molecular flexibility index (Phi) is 7.05. The molecule has 2 atom stereocenters. The van der Waals surface area contributed by atoms with Gasteiger partial charge in [-0.3, -0.25) is 28.8 Å². The van der Waals surface area contributed by atoms with Gasteiger partial charge in [0.05, 0.1) is 23.4 Å². The van der Waals surface area contributed by atoms with Crippen LogP contribution in [0.15, 0.2) is 42.9 Å². The Morgan fingerprint density at radius 1 is 1.18 bits per heavy atom. The third-order valence-corrected chi connectivity index (χ3v) is 7.90. The second-order valence-electron chi connectivity index (χ2n) is 10.4. The molecule has 3 aliphatic rings. The molecule has 0 radical (unpaired) electrons. The van der Waals surface area contributed by atoms with Gasteiger partial charge in [0.15, 0.2) is 0 Å². The quantitative estimate of drug-likeness (QED) is 0.544. The first kappa shape index (κ1) is 25.7. The Labute approximate surface area is 222 Å². The van der Waals surface area contributed by atoms with Crippen molar-refractivity contribution in [3.8, 4) is 0 Å². The molecule has 2 aromatic rings. The number of carbonyl (C=O) groups excluding carboxylic acids is 4. The lowest BCUT2D eigenvalue weighted by molar-refractivity contribution is -0.136. The Hall–Kier alpha value is -3.95. The summed E-state index contributed by atoms with van der Waals surface area (Å²) in [7, 11) is 0. The molecule has 2 fully saturated rings. The predicted octanol–water partition coefficient (Wildman–Crippen LogP) is 3.09. The van der Waals surface area contributed by atoms with Crippen LogP contribution in [0.2, 0.25) is 0 Å². The van der Waals surface area contributed by atoms with E-state index in [0.717, 1.165) is 42.8 Å². The molecule has 200 valence electrons. The van der Waals surface area contributed by atoms with E-state index in [4.69, 9.17) is 0 Å². The molecular weight excluding hydrogens is 484 g/mol. The van der Waals surface area contributed by atoms with Crippen LogP contribution in [0.4, 0.5) is 5.69 Å². The number of imide groups is 1. The van der Waals surface area contributed by atoms with Gasteiger partial charge in [-0.25, -0.2) is 0 Å². The van der Waals surface area contributed by atoms with Gasteiger partial charge < -0.3 is 15.5 Å². The summed E-state index contributed by atoms with van der Waals surface area (Å²) < 4.78 is 1.96. The summed E-state index contributed by atoms with van der Waals surface area (Å²) in [4.78, 5) is 54.4. The second-order valence-corrected chi connectivity index (χ2v) is 10.4. The molecule has 0 bridgehead atoms. The Balaban J connectivity index is 1.23. The van der Waals surface area contributed by atoms with Crippen LogP contribution in [0.1, 0.15) is 78.3 Å². The zero-order valence-electron chi connectivity index (χ0n) is 21.9. The molecule has 0 spiro atoms. The number of hydrogen-bond donors (Lipinski definition) is 2. The minimum atomic E-state index is -0.842. The van der Waals surface area contributed by atoms with Crippen molar-refractivity contribution in [2.75, 3.05) is 18.4 Å². The van der Waals surface area contributed by atoms with Crippen molar-refractivity contribution in [2.45, 2.75) is 64.6 Å². The van der Waals surface area contributed by atoms with Gasteiger partial charge in [0.25, 0.3) is 11.8 Å². The highest BCUT2D eigenvalue weighted by Crippen LogP contribution is 2.33. The number of anilines is 1. The summed E-state index contributed by atoms with van der Waals surface area (Å²) >= 11 is 0. The Morgan fingerprint density at radius 3 is 2.66 bits per heavy atom. The second kappa shape index (κ2) is 10.4. The van der Waals surface area contributed by atoms with E-state index in [9.17, 15) is 19.2 Å². The summed E-state index contributed by atoms with van der Waals surface area (Å²) in [5.41, 5.74) is 2.68. The highest BCUT2D eigenvalue weighted by molar-refractivity contribution is 6.25. The van der Waals surface area contributed by atoms with Crippen molar-refractivity contribution in [1.82, 2.24) is 24.9 Å². The Morgan fingerprint density at radius 2 is 1.95 bits per heavy atom. The summed E-state index contributed by atoms with van der Waals surface area (Å²) in [6.07, 6.45) is 7.24. The van der Waals surface area contributed by atoms with Crippen LogP contribution in [-0.4, -0.2) is 62.3 Å². The average Bonchev–Trinajstić information content (AvgIpc) is 3.50. The van der Waals surface area contributed by atoms with Crippen LogP contribution in [-0.2, 0) is 16.1 Å². The van der Waals surface area contributed by atoms with Gasteiger partial charge in [0.1, 0.15) is 6.04 Å². The molecule has 4 amide bonds. The van der Waals surface area contributed by atoms with Crippen LogP contribution in [0.25, 0.3) is 0 Å². The fraction of sp³-hybridized carbons (Fsp3) is 0.464. The lowest BCUT2D eigenvalue weighted by Crippen LogP contribution is -2.51. The predicted molar refractivity (Wildman–Crippen MR) is 141 cm³/mol. The maximum atomic E-state index is 13.3. The van der Waals surface area contributed by atoms with Crippen LogP contribution >= 0.6 is 0 Å². The average molecular weight is 519 g/mol. The third kappa shape index (κ3) is 4.70. The number of nitrogens with one attached hydrogen (secondary N) is 2. The molecule has 0 aliphatic carbocycles. The summed E-state index contributed by atoms with van der Waals surface area (Å²) in [5.74, 6) is -1.01. The van der Waals surface area contributed by atoms with E-state index in [1.165, 1.54) is 0 Å². The fourth-order valence-electron chi connectivity index (χ4n) is 5.44. The highest BCUT2D eigenvalue weighted by Gasteiger charge is 2.45. The standard InChI is InChI=1S/C28H34N6O4/c1-4-17(2)26(36)32-12-10-20(11-13-32)33-16-19(15-30-33)14-29-22-7-5-6-21-24(22)28(38)34(27(21)37)23-9-8-18(3)31-25(23)35/h5-7,15-17,20,23,29H,3-4,8-14H2,1-2H3,(H,31,35). The molecule has 38 heavy (non-hydrogen) atoms. The topological polar surface area (TPSA) is 117 Å². The maximum absolute atomic E-state index is 13.3. The maximum Gasteiger partial charge on any atom is 0.264 e. The van der Waals surface area contributed by atoms with Crippen molar-refractivity contribution in [1.29, 1.82) is 0 Å². The number of benzene rings is 1. The van der Waals surface area contributed by atoms with Gasteiger partial charge in [-0.15, -0.1) is 0 Å². The lowest BCUT2D eigenvalue weighted by Gasteiger charge is -2.33. The summed E-state index contributed by atoms with van der Waals surface area (Å²) in [6, 6.07) is 4.51. The minimum absolute atomic E-state index is 0.0578. The SMILES string of the molecule is C=C1CCC(N2C(=O)c3cccc(NCc4cnn(C5CCN(C(=O)C(C)CC)CC5)c4)c3C2=O)C(=O)N1. The molecule has 4 heterocycles. The van der Waals surface area contributed by atoms with Crippen molar-refractivity contribution in [3.63, 3.8) is 0 Å². The molecule has 1 aromatic carbocycles. The number of amides is 4. The van der Waals surface area contributed by atoms with Crippen molar-refractivity contribution in [3.05, 3.63) is 59.6 Å². The zero-order valence-corrected chi connectivity index (χ0v) is 21.9. The number of likely N-dealkylation sites (tertiary alicyclic amines) is 1. The van der Waals surface area contributed by atoms with Crippen LogP contribution in [0, 0.1) is 5.92 Å². The number of allylic oxidation sites excluding steroid dienone is 1. The van der Waals surface area contributed by atoms with Crippen molar-refractivity contribution < 1.29 is 19.2 Å². The fourth-order valence-corrected chi connectivity index (χ4v) is 5.44. The first-order chi connectivity index (χ1) is 18.3. The van der Waals surface area contributed by atoms with Crippen molar-refractivity contribution >= 4 is 29.3 Å². The van der Waals surface area contributed by atoms with Gasteiger partial charge >= 0.3 is 0 Å². The molecule has 10 heteroatoms. The lowest BCUT2D eigenvalue weighted by atomic mass is 10.0. The molecular formula is C28H34N6O4. The normalized spacial score (nSPS) is 20.9.